The van der Waals surface area contributed by atoms with Crippen LogP contribution < -0.4 is 5.73 Å². The third kappa shape index (κ3) is 3.00. The van der Waals surface area contributed by atoms with Crippen LogP contribution in [0.4, 0.5) is 0 Å². The van der Waals surface area contributed by atoms with Crippen molar-refractivity contribution in [1.29, 1.82) is 0 Å². The molecule has 0 aliphatic carbocycles. The number of aromatic nitrogens is 1. The van der Waals surface area contributed by atoms with Gasteiger partial charge in [0.2, 0.25) is 0 Å². The van der Waals surface area contributed by atoms with E-state index in [1.807, 2.05) is 0 Å². The molecule has 3 heteroatoms. The van der Waals surface area contributed by atoms with Crippen LogP contribution in [-0.2, 0) is 0 Å². The van der Waals surface area contributed by atoms with Gasteiger partial charge in [0, 0.05) is 17.8 Å². The smallest absolute Gasteiger partial charge is 0.138 e. The molecule has 1 aromatic rings. The van der Waals surface area contributed by atoms with E-state index in [0.717, 1.165) is 18.4 Å². The van der Waals surface area contributed by atoms with Gasteiger partial charge >= 0.3 is 0 Å². The van der Waals surface area contributed by atoms with Gasteiger partial charge in [0.05, 0.1) is 6.20 Å². The molecule has 78 valence electrons. The third-order valence-electron chi connectivity index (χ3n) is 2.35. The van der Waals surface area contributed by atoms with Crippen molar-refractivity contribution in [2.75, 3.05) is 0 Å². The van der Waals surface area contributed by atoms with Crippen molar-refractivity contribution in [3.8, 4) is 5.75 Å². The Morgan fingerprint density at radius 1 is 1.50 bits per heavy atom. The van der Waals surface area contributed by atoms with E-state index in [0.29, 0.717) is 0 Å². The second kappa shape index (κ2) is 5.60. The van der Waals surface area contributed by atoms with Gasteiger partial charge in [0.15, 0.2) is 0 Å². The van der Waals surface area contributed by atoms with Crippen molar-refractivity contribution in [2.24, 2.45) is 5.73 Å². The van der Waals surface area contributed by atoms with E-state index in [2.05, 4.69) is 11.9 Å². The van der Waals surface area contributed by atoms with E-state index in [-0.39, 0.29) is 11.8 Å². The van der Waals surface area contributed by atoms with Crippen molar-refractivity contribution in [3.05, 3.63) is 24.0 Å². The second-order valence-electron chi connectivity index (χ2n) is 3.54. The fraction of sp³-hybridized carbons (Fsp3) is 0.545. The Labute approximate surface area is 85.0 Å². The molecule has 14 heavy (non-hydrogen) atoms. The Kier molecular flexibility index (Phi) is 4.40. The molecule has 1 atom stereocenters. The maximum atomic E-state index is 9.49. The van der Waals surface area contributed by atoms with Gasteiger partial charge in [-0.1, -0.05) is 26.2 Å². The standard InChI is InChI=1S/C11H18N2O/c1-2-3-4-5-10(12)9-6-7-13-8-11(9)14/h6-8,10,14H,2-5,12H2,1H3. The summed E-state index contributed by atoms with van der Waals surface area (Å²) in [7, 11) is 0. The van der Waals surface area contributed by atoms with Crippen LogP contribution in [0.2, 0.25) is 0 Å². The molecule has 0 fully saturated rings. The summed E-state index contributed by atoms with van der Waals surface area (Å²) in [6, 6.07) is 1.72. The summed E-state index contributed by atoms with van der Waals surface area (Å²) in [4.78, 5) is 3.82. The average molecular weight is 194 g/mol. The zero-order valence-corrected chi connectivity index (χ0v) is 8.61. The Morgan fingerprint density at radius 3 is 2.93 bits per heavy atom. The summed E-state index contributed by atoms with van der Waals surface area (Å²) < 4.78 is 0. The van der Waals surface area contributed by atoms with Crippen LogP contribution in [0.25, 0.3) is 0 Å². The number of hydrogen-bond donors (Lipinski definition) is 2. The van der Waals surface area contributed by atoms with Gasteiger partial charge in [-0.25, -0.2) is 0 Å². The van der Waals surface area contributed by atoms with Crippen LogP contribution in [0.1, 0.15) is 44.2 Å². The summed E-state index contributed by atoms with van der Waals surface area (Å²) in [5.74, 6) is 0.205. The molecule has 3 N–H and O–H groups in total. The van der Waals surface area contributed by atoms with E-state index >= 15 is 0 Å². The molecular formula is C11H18N2O. The van der Waals surface area contributed by atoms with Gasteiger partial charge in [0.25, 0.3) is 0 Å². The lowest BCUT2D eigenvalue weighted by Crippen LogP contribution is -2.10. The second-order valence-corrected chi connectivity index (χ2v) is 3.54. The maximum Gasteiger partial charge on any atom is 0.138 e. The van der Waals surface area contributed by atoms with Crippen molar-refractivity contribution >= 4 is 0 Å². The molecule has 0 bridgehead atoms. The highest BCUT2D eigenvalue weighted by Gasteiger charge is 2.09. The summed E-state index contributed by atoms with van der Waals surface area (Å²) in [6.45, 7) is 2.16. The van der Waals surface area contributed by atoms with Gasteiger partial charge in [-0.05, 0) is 12.5 Å². The van der Waals surface area contributed by atoms with E-state index in [4.69, 9.17) is 5.73 Å². The highest BCUT2D eigenvalue weighted by Crippen LogP contribution is 2.24. The van der Waals surface area contributed by atoms with Crippen molar-refractivity contribution in [3.63, 3.8) is 0 Å². The molecule has 1 aromatic heterocycles. The largest absolute Gasteiger partial charge is 0.506 e. The third-order valence-corrected chi connectivity index (χ3v) is 2.35. The first-order valence-corrected chi connectivity index (χ1v) is 5.14. The number of pyridine rings is 1. The maximum absolute atomic E-state index is 9.49. The number of rotatable bonds is 5. The monoisotopic (exact) mass is 194 g/mol. The Bertz CT molecular complexity index is 276. The van der Waals surface area contributed by atoms with E-state index < -0.39 is 0 Å². The molecule has 0 aliphatic heterocycles. The Hall–Kier alpha value is -1.09. The van der Waals surface area contributed by atoms with Crippen molar-refractivity contribution in [2.45, 2.75) is 38.6 Å². The number of nitrogens with zero attached hydrogens (tertiary/aromatic N) is 1. The number of hydrogen-bond acceptors (Lipinski definition) is 3. The van der Waals surface area contributed by atoms with Gasteiger partial charge in [0.1, 0.15) is 5.75 Å². The van der Waals surface area contributed by atoms with Gasteiger partial charge < -0.3 is 10.8 Å². The molecule has 3 nitrogen and oxygen atoms in total. The molecule has 0 amide bonds. The molecule has 1 unspecified atom stereocenters. The molecule has 0 radical (unpaired) electrons. The van der Waals surface area contributed by atoms with Crippen LogP contribution in [-0.4, -0.2) is 10.1 Å². The molecular weight excluding hydrogens is 176 g/mol. The summed E-state index contributed by atoms with van der Waals surface area (Å²) >= 11 is 0. The molecule has 0 aromatic carbocycles. The molecule has 0 aliphatic rings. The lowest BCUT2D eigenvalue weighted by Gasteiger charge is -2.12. The first-order valence-electron chi connectivity index (χ1n) is 5.14. The topological polar surface area (TPSA) is 59.1 Å². The molecule has 1 heterocycles. The van der Waals surface area contributed by atoms with E-state index in [1.54, 1.807) is 12.3 Å². The minimum Gasteiger partial charge on any atom is -0.506 e. The number of unbranched alkanes of at least 4 members (excludes halogenated alkanes) is 2. The molecule has 0 spiro atoms. The lowest BCUT2D eigenvalue weighted by atomic mass is 10.0. The summed E-state index contributed by atoms with van der Waals surface area (Å²) in [5.41, 5.74) is 6.75. The van der Waals surface area contributed by atoms with Crippen LogP contribution >= 0.6 is 0 Å². The van der Waals surface area contributed by atoms with E-state index in [9.17, 15) is 5.11 Å². The zero-order valence-electron chi connectivity index (χ0n) is 8.61. The quantitative estimate of drug-likeness (QED) is 0.707. The van der Waals surface area contributed by atoms with Gasteiger partial charge in [-0.2, -0.15) is 0 Å². The highest BCUT2D eigenvalue weighted by molar-refractivity contribution is 5.30. The normalized spacial score (nSPS) is 12.7. The predicted molar refractivity (Wildman–Crippen MR) is 57.0 cm³/mol. The average Bonchev–Trinajstić information content (AvgIpc) is 2.18. The van der Waals surface area contributed by atoms with Crippen molar-refractivity contribution in [1.82, 2.24) is 4.98 Å². The first-order chi connectivity index (χ1) is 6.75. The number of aromatic hydroxyl groups is 1. The fourth-order valence-corrected chi connectivity index (χ4v) is 1.48. The van der Waals surface area contributed by atoms with Gasteiger partial charge in [-0.15, -0.1) is 0 Å². The van der Waals surface area contributed by atoms with E-state index in [1.165, 1.54) is 19.0 Å². The number of nitrogens with two attached hydrogens (primary N) is 1. The summed E-state index contributed by atoms with van der Waals surface area (Å²) in [5, 5.41) is 9.49. The zero-order chi connectivity index (χ0) is 10.4. The fourth-order valence-electron chi connectivity index (χ4n) is 1.48. The van der Waals surface area contributed by atoms with Crippen LogP contribution in [0.3, 0.4) is 0 Å². The molecule has 0 saturated carbocycles. The predicted octanol–water partition coefficient (Wildman–Crippen LogP) is 2.37. The minimum atomic E-state index is -0.0652. The Morgan fingerprint density at radius 2 is 2.29 bits per heavy atom. The highest BCUT2D eigenvalue weighted by atomic mass is 16.3. The van der Waals surface area contributed by atoms with Crippen LogP contribution in [0.5, 0.6) is 5.75 Å². The SMILES string of the molecule is CCCCCC(N)c1ccncc1O. The minimum absolute atomic E-state index is 0.0652. The first kappa shape index (κ1) is 11.0. The lowest BCUT2D eigenvalue weighted by molar-refractivity contribution is 0.453. The summed E-state index contributed by atoms with van der Waals surface area (Å²) in [6.07, 6.45) is 7.52. The Balaban J connectivity index is 2.51. The molecule has 0 saturated heterocycles. The van der Waals surface area contributed by atoms with Crippen LogP contribution in [0.15, 0.2) is 18.5 Å². The van der Waals surface area contributed by atoms with Crippen molar-refractivity contribution < 1.29 is 5.11 Å². The van der Waals surface area contributed by atoms with Crippen LogP contribution in [0, 0.1) is 0 Å². The molecule has 1 rings (SSSR count). The van der Waals surface area contributed by atoms with Gasteiger partial charge in [-0.3, -0.25) is 4.98 Å².